The fourth-order valence-electron chi connectivity index (χ4n) is 3.24. The van der Waals surface area contributed by atoms with E-state index in [2.05, 4.69) is 51.7 Å². The van der Waals surface area contributed by atoms with E-state index in [1.165, 1.54) is 10.6 Å². The first kappa shape index (κ1) is 25.2. The van der Waals surface area contributed by atoms with Crippen LogP contribution in [0.25, 0.3) is 0 Å². The second kappa shape index (κ2) is 14.2. The minimum Gasteiger partial charge on any atom is -0.372 e. The third kappa shape index (κ3) is 8.59. The highest BCUT2D eigenvalue weighted by Crippen LogP contribution is 2.13. The Bertz CT molecular complexity index is 638. The van der Waals surface area contributed by atoms with Crippen LogP contribution in [0.4, 0.5) is 5.69 Å². The molecule has 29 heavy (non-hydrogen) atoms. The number of hydrogen-bond donors (Lipinski definition) is 2. The van der Waals surface area contributed by atoms with Gasteiger partial charge in [0.2, 0.25) is 11.8 Å². The average Bonchev–Trinajstić information content (AvgIpc) is 2.71. The molecule has 2 rings (SSSR count). The molecule has 1 aliphatic heterocycles. The number of imide groups is 1. The van der Waals surface area contributed by atoms with Crippen LogP contribution in [0.5, 0.6) is 0 Å². The molecule has 7 nitrogen and oxygen atoms in total. The number of nitrogens with one attached hydrogen (secondary N) is 2. The Kier molecular flexibility index (Phi) is 12.3. The molecule has 1 aromatic carbocycles. The lowest BCUT2D eigenvalue weighted by molar-refractivity contribution is -0.147. The summed E-state index contributed by atoms with van der Waals surface area (Å²) in [5, 5.41) is 6.44. The Morgan fingerprint density at radius 1 is 1.10 bits per heavy atom. The molecule has 1 saturated heterocycles. The number of likely N-dealkylation sites (tertiary alicyclic amines) is 1. The Morgan fingerprint density at radius 3 is 2.41 bits per heavy atom. The van der Waals surface area contributed by atoms with Gasteiger partial charge < -0.3 is 15.5 Å². The Hall–Kier alpha value is -1.84. The van der Waals surface area contributed by atoms with Gasteiger partial charge >= 0.3 is 0 Å². The summed E-state index contributed by atoms with van der Waals surface area (Å²) in [6.45, 7) is 8.45. The fourth-order valence-corrected chi connectivity index (χ4v) is 3.24. The first-order valence-electron chi connectivity index (χ1n) is 10.3. The maximum Gasteiger partial charge on any atom is 0.229 e. The van der Waals surface area contributed by atoms with Crippen molar-refractivity contribution in [2.75, 3.05) is 44.2 Å². The molecular weight excluding hydrogens is 481 g/mol. The Balaban J connectivity index is 0.00000420. The molecule has 0 atom stereocenters. The number of anilines is 1. The number of hydrogen-bond acceptors (Lipinski definition) is 4. The van der Waals surface area contributed by atoms with E-state index in [-0.39, 0.29) is 35.8 Å². The lowest BCUT2D eigenvalue weighted by atomic mass is 10.1. The van der Waals surface area contributed by atoms with Gasteiger partial charge in [0.15, 0.2) is 5.96 Å². The summed E-state index contributed by atoms with van der Waals surface area (Å²) in [6, 6.07) is 10.4. The molecule has 0 aromatic heterocycles. The van der Waals surface area contributed by atoms with E-state index in [0.29, 0.717) is 38.9 Å². The second-order valence-corrected chi connectivity index (χ2v) is 6.75. The summed E-state index contributed by atoms with van der Waals surface area (Å²) < 4.78 is 0. The van der Waals surface area contributed by atoms with Crippen molar-refractivity contribution in [3.63, 3.8) is 0 Å². The molecule has 1 fully saturated rings. The normalized spacial score (nSPS) is 14.4. The van der Waals surface area contributed by atoms with Crippen LogP contribution < -0.4 is 15.5 Å². The van der Waals surface area contributed by atoms with Gasteiger partial charge in [0.05, 0.1) is 0 Å². The summed E-state index contributed by atoms with van der Waals surface area (Å²) in [5.74, 6) is 0.586. The van der Waals surface area contributed by atoms with Crippen molar-refractivity contribution in [1.29, 1.82) is 0 Å². The van der Waals surface area contributed by atoms with Crippen LogP contribution in [0.15, 0.2) is 35.3 Å². The summed E-state index contributed by atoms with van der Waals surface area (Å²) >= 11 is 0. The molecule has 162 valence electrons. The van der Waals surface area contributed by atoms with E-state index in [1.54, 1.807) is 0 Å². The lowest BCUT2D eigenvalue weighted by Gasteiger charge is -2.25. The molecule has 0 spiro atoms. The van der Waals surface area contributed by atoms with E-state index in [9.17, 15) is 9.59 Å². The van der Waals surface area contributed by atoms with Crippen molar-refractivity contribution in [1.82, 2.24) is 15.5 Å². The molecule has 1 aromatic rings. The van der Waals surface area contributed by atoms with Crippen LogP contribution >= 0.6 is 24.0 Å². The van der Waals surface area contributed by atoms with Crippen molar-refractivity contribution in [2.45, 2.75) is 39.5 Å². The maximum absolute atomic E-state index is 11.9. The summed E-state index contributed by atoms with van der Waals surface area (Å²) in [6.07, 6.45) is 2.55. The average molecular weight is 515 g/mol. The molecule has 0 bridgehead atoms. The third-order valence-electron chi connectivity index (χ3n) is 4.71. The topological polar surface area (TPSA) is 77.0 Å². The molecule has 2 N–H and O–H groups in total. The zero-order chi connectivity index (χ0) is 20.2. The number of rotatable bonds is 10. The van der Waals surface area contributed by atoms with Gasteiger partial charge in [0, 0.05) is 57.8 Å². The first-order chi connectivity index (χ1) is 13.7. The summed E-state index contributed by atoms with van der Waals surface area (Å²) in [4.78, 5) is 32.0. The number of aliphatic imine (C=N–C) groups is 1. The van der Waals surface area contributed by atoms with Crippen LogP contribution in [0.1, 0.15) is 39.5 Å². The number of carbonyl (C=O) groups excluding carboxylic acids is 2. The van der Waals surface area contributed by atoms with Gasteiger partial charge in [0.1, 0.15) is 0 Å². The predicted molar refractivity (Wildman–Crippen MR) is 129 cm³/mol. The smallest absolute Gasteiger partial charge is 0.229 e. The fraction of sp³-hybridized carbons (Fsp3) is 0.571. The Labute approximate surface area is 191 Å². The standard InChI is InChI=1S/C21H33N5O2.HI/c1-3-22-21(24-15-17-26-19(27)12-8-13-20(26)28)23-14-9-16-25(4-2)18-10-6-5-7-11-18;/h5-7,10-11H,3-4,8-9,12-17H2,1-2H3,(H2,22,23,24);1H. The van der Waals surface area contributed by atoms with Gasteiger partial charge in [-0.1, -0.05) is 18.2 Å². The SMILES string of the molecule is CCNC(=NCCCN(CC)c1ccccc1)NCCN1C(=O)CCCC1=O.I. The third-order valence-corrected chi connectivity index (χ3v) is 4.71. The quantitative estimate of drug-likeness (QED) is 0.165. The monoisotopic (exact) mass is 515 g/mol. The summed E-state index contributed by atoms with van der Waals surface area (Å²) in [7, 11) is 0. The van der Waals surface area contributed by atoms with Gasteiger partial charge in [-0.15, -0.1) is 24.0 Å². The van der Waals surface area contributed by atoms with Gasteiger partial charge in [-0.3, -0.25) is 19.5 Å². The molecule has 1 heterocycles. The number of benzene rings is 1. The number of amides is 2. The molecule has 1 aliphatic rings. The second-order valence-electron chi connectivity index (χ2n) is 6.75. The van der Waals surface area contributed by atoms with Crippen LogP contribution in [-0.2, 0) is 9.59 Å². The minimum absolute atomic E-state index is 0. The minimum atomic E-state index is -0.0689. The molecule has 0 saturated carbocycles. The van der Waals surface area contributed by atoms with Crippen LogP contribution in [0.3, 0.4) is 0 Å². The molecule has 0 unspecified atom stereocenters. The highest BCUT2D eigenvalue weighted by atomic mass is 127. The van der Waals surface area contributed by atoms with Crippen LogP contribution in [-0.4, -0.2) is 61.9 Å². The van der Waals surface area contributed by atoms with Gasteiger partial charge in [-0.25, -0.2) is 0 Å². The molecule has 8 heteroatoms. The molecular formula is C21H34IN5O2. The molecule has 0 radical (unpaired) electrons. The number of carbonyl (C=O) groups is 2. The van der Waals surface area contributed by atoms with E-state index in [4.69, 9.17) is 0 Å². The zero-order valence-electron chi connectivity index (χ0n) is 17.5. The summed E-state index contributed by atoms with van der Waals surface area (Å²) in [5.41, 5.74) is 1.23. The van der Waals surface area contributed by atoms with Crippen molar-refractivity contribution in [2.24, 2.45) is 4.99 Å². The first-order valence-corrected chi connectivity index (χ1v) is 10.3. The lowest BCUT2D eigenvalue weighted by Crippen LogP contribution is -2.46. The van der Waals surface area contributed by atoms with Gasteiger partial charge in [-0.2, -0.15) is 0 Å². The zero-order valence-corrected chi connectivity index (χ0v) is 19.9. The van der Waals surface area contributed by atoms with Crippen LogP contribution in [0.2, 0.25) is 0 Å². The van der Waals surface area contributed by atoms with Crippen molar-refractivity contribution >= 4 is 47.4 Å². The van der Waals surface area contributed by atoms with Crippen molar-refractivity contribution in [3.05, 3.63) is 30.3 Å². The van der Waals surface area contributed by atoms with Crippen molar-refractivity contribution in [3.8, 4) is 0 Å². The van der Waals surface area contributed by atoms with Crippen LogP contribution in [0, 0.1) is 0 Å². The highest BCUT2D eigenvalue weighted by Gasteiger charge is 2.25. The molecule has 2 amide bonds. The van der Waals surface area contributed by atoms with E-state index in [1.807, 2.05) is 13.0 Å². The maximum atomic E-state index is 11.9. The number of nitrogens with zero attached hydrogens (tertiary/aromatic N) is 3. The van der Waals surface area contributed by atoms with E-state index in [0.717, 1.165) is 32.0 Å². The van der Waals surface area contributed by atoms with E-state index >= 15 is 0 Å². The highest BCUT2D eigenvalue weighted by molar-refractivity contribution is 14.0. The number of para-hydroxylation sites is 1. The van der Waals surface area contributed by atoms with Gasteiger partial charge in [0.25, 0.3) is 0 Å². The van der Waals surface area contributed by atoms with Gasteiger partial charge in [-0.05, 0) is 38.8 Å². The Morgan fingerprint density at radius 2 is 1.79 bits per heavy atom. The molecule has 0 aliphatic carbocycles. The van der Waals surface area contributed by atoms with E-state index < -0.39 is 0 Å². The predicted octanol–water partition coefficient (Wildman–Crippen LogP) is 2.62. The van der Waals surface area contributed by atoms with Crippen molar-refractivity contribution < 1.29 is 9.59 Å². The number of guanidine groups is 1. The number of halogens is 1. The largest absolute Gasteiger partial charge is 0.372 e. The number of piperidine rings is 1.